The van der Waals surface area contributed by atoms with E-state index in [1.165, 1.54) is 6.08 Å². The minimum Gasteiger partial charge on any atom is -0.350 e. The van der Waals surface area contributed by atoms with Crippen LogP contribution in [0, 0.1) is 0 Å². The number of amides is 1. The first kappa shape index (κ1) is 23.0. The highest BCUT2D eigenvalue weighted by atomic mass is 35.5. The largest absolute Gasteiger partial charge is 0.354 e. The highest BCUT2D eigenvalue weighted by molar-refractivity contribution is 6.45. The van der Waals surface area contributed by atoms with Gasteiger partial charge in [-0.25, -0.2) is 4.79 Å². The summed E-state index contributed by atoms with van der Waals surface area (Å²) in [5.41, 5.74) is 2.54. The fourth-order valence-electron chi connectivity index (χ4n) is 4.58. The lowest BCUT2D eigenvalue weighted by Crippen LogP contribution is -2.54. The summed E-state index contributed by atoms with van der Waals surface area (Å²) in [5.74, 6) is 0.325. The number of para-hydroxylation sites is 1. The first-order chi connectivity index (χ1) is 15.7. The molecule has 2 heterocycles. The highest BCUT2D eigenvalue weighted by Gasteiger charge is 2.32. The van der Waals surface area contributed by atoms with E-state index < -0.39 is 5.69 Å². The molecule has 0 saturated carbocycles. The molecule has 1 aliphatic carbocycles. The normalized spacial score (nSPS) is 18.3. The average molecular weight is 467 g/mol. The molecule has 1 amide bonds. The zero-order valence-corrected chi connectivity index (χ0v) is 19.8. The molecule has 1 atom stereocenters. The van der Waals surface area contributed by atoms with E-state index in [0.717, 1.165) is 11.3 Å². The van der Waals surface area contributed by atoms with Gasteiger partial charge in [-0.05, 0) is 36.6 Å². The van der Waals surface area contributed by atoms with Gasteiger partial charge in [-0.2, -0.15) is 4.98 Å². The second kappa shape index (κ2) is 8.98. The summed E-state index contributed by atoms with van der Waals surface area (Å²) < 4.78 is 1.55. The third-order valence-corrected chi connectivity index (χ3v) is 6.59. The maximum Gasteiger partial charge on any atom is 0.354 e. The maximum atomic E-state index is 13.4. The van der Waals surface area contributed by atoms with E-state index in [9.17, 15) is 14.4 Å². The summed E-state index contributed by atoms with van der Waals surface area (Å²) in [6.45, 7) is 11.1. The van der Waals surface area contributed by atoms with Crippen LogP contribution in [0.4, 0.5) is 5.82 Å². The van der Waals surface area contributed by atoms with E-state index in [-0.39, 0.29) is 35.1 Å². The Bertz CT molecular complexity index is 1230. The first-order valence-electron chi connectivity index (χ1n) is 11.1. The number of carbonyl (C=O) groups is 2. The SMILES string of the molecule is C=CC(=O)N1CCN(c2nc(=O)n(-c3ccccc3C(C)C)c3c2C=C(Cl)C(=O)C3)[C@@H](C)C1. The van der Waals surface area contributed by atoms with Gasteiger partial charge >= 0.3 is 5.69 Å². The molecule has 7 nitrogen and oxygen atoms in total. The van der Waals surface area contributed by atoms with Crippen LogP contribution >= 0.6 is 11.6 Å². The molecular weight excluding hydrogens is 440 g/mol. The summed E-state index contributed by atoms with van der Waals surface area (Å²) >= 11 is 6.26. The molecule has 1 fully saturated rings. The third-order valence-electron chi connectivity index (χ3n) is 6.27. The number of ketones is 1. The summed E-state index contributed by atoms with van der Waals surface area (Å²) in [6, 6.07) is 7.59. The highest BCUT2D eigenvalue weighted by Crippen LogP contribution is 2.33. The lowest BCUT2D eigenvalue weighted by molar-refractivity contribution is -0.126. The predicted molar refractivity (Wildman–Crippen MR) is 130 cm³/mol. The van der Waals surface area contributed by atoms with E-state index in [0.29, 0.717) is 36.7 Å². The van der Waals surface area contributed by atoms with E-state index in [2.05, 4.69) is 25.4 Å². The monoisotopic (exact) mass is 466 g/mol. The van der Waals surface area contributed by atoms with Gasteiger partial charge in [0.25, 0.3) is 0 Å². The van der Waals surface area contributed by atoms with Crippen molar-refractivity contribution in [2.75, 3.05) is 24.5 Å². The summed E-state index contributed by atoms with van der Waals surface area (Å²) in [6.07, 6.45) is 2.95. The van der Waals surface area contributed by atoms with Gasteiger partial charge in [-0.15, -0.1) is 0 Å². The Kier molecular flexibility index (Phi) is 6.26. The molecule has 1 aromatic heterocycles. The van der Waals surface area contributed by atoms with Crippen molar-refractivity contribution in [2.24, 2.45) is 0 Å². The van der Waals surface area contributed by atoms with Crippen molar-refractivity contribution in [3.05, 3.63) is 69.3 Å². The molecule has 2 aromatic rings. The van der Waals surface area contributed by atoms with Crippen LogP contribution in [-0.4, -0.2) is 51.8 Å². The van der Waals surface area contributed by atoms with Gasteiger partial charge < -0.3 is 9.80 Å². The zero-order chi connectivity index (χ0) is 23.9. The van der Waals surface area contributed by atoms with E-state index in [1.54, 1.807) is 15.5 Å². The predicted octanol–water partition coefficient (Wildman–Crippen LogP) is 3.28. The molecule has 1 aromatic carbocycles. The molecule has 0 radical (unpaired) electrons. The summed E-state index contributed by atoms with van der Waals surface area (Å²) in [5, 5.41) is 0.126. The smallest absolute Gasteiger partial charge is 0.350 e. The molecule has 1 aliphatic heterocycles. The number of Topliss-reactive ketones (excluding diaryl/α,β-unsaturated/α-hetero) is 1. The van der Waals surface area contributed by atoms with Crippen LogP contribution < -0.4 is 10.6 Å². The Morgan fingerprint density at radius 2 is 1.97 bits per heavy atom. The Labute approximate surface area is 198 Å². The number of piperazine rings is 1. The van der Waals surface area contributed by atoms with Gasteiger partial charge in [0.1, 0.15) is 5.82 Å². The van der Waals surface area contributed by atoms with Crippen molar-refractivity contribution in [1.29, 1.82) is 0 Å². The molecule has 0 unspecified atom stereocenters. The van der Waals surface area contributed by atoms with Crippen LogP contribution in [0.1, 0.15) is 43.5 Å². The molecule has 33 heavy (non-hydrogen) atoms. The quantitative estimate of drug-likeness (QED) is 0.646. The minimum atomic E-state index is -0.437. The minimum absolute atomic E-state index is 0.0190. The standard InChI is InChI=1S/C25H27ClN4O3/c1-5-23(32)28-10-11-29(16(4)14-28)24-18-12-19(26)22(31)13-21(18)30(25(33)27-24)20-9-7-6-8-17(20)15(2)3/h5-9,12,15-16H,1,10-11,13-14H2,2-4H3/t16-/m0/s1. The van der Waals surface area contributed by atoms with Crippen LogP contribution in [0.5, 0.6) is 0 Å². The number of aromatic nitrogens is 2. The van der Waals surface area contributed by atoms with Crippen molar-refractivity contribution >= 4 is 35.2 Å². The van der Waals surface area contributed by atoms with Crippen molar-refractivity contribution < 1.29 is 9.59 Å². The molecule has 0 bridgehead atoms. The fraction of sp³-hybridized carbons (Fsp3) is 0.360. The van der Waals surface area contributed by atoms with Gasteiger partial charge in [-0.1, -0.05) is 50.2 Å². The van der Waals surface area contributed by atoms with Gasteiger partial charge in [-0.3, -0.25) is 14.2 Å². The molecule has 4 rings (SSSR count). The van der Waals surface area contributed by atoms with E-state index in [1.807, 2.05) is 36.1 Å². The molecule has 8 heteroatoms. The summed E-state index contributed by atoms with van der Waals surface area (Å²) in [7, 11) is 0. The molecule has 0 N–H and O–H groups in total. The van der Waals surface area contributed by atoms with Crippen LogP contribution in [0.2, 0.25) is 0 Å². The van der Waals surface area contributed by atoms with Gasteiger partial charge in [0.15, 0.2) is 5.78 Å². The second-order valence-corrected chi connectivity index (χ2v) is 9.16. The van der Waals surface area contributed by atoms with Crippen LogP contribution in [0.25, 0.3) is 11.8 Å². The average Bonchev–Trinajstić information content (AvgIpc) is 2.79. The van der Waals surface area contributed by atoms with Crippen LogP contribution in [-0.2, 0) is 16.0 Å². The lowest BCUT2D eigenvalue weighted by atomic mass is 9.97. The number of allylic oxidation sites excluding steroid dienone is 1. The van der Waals surface area contributed by atoms with E-state index in [4.69, 9.17) is 11.6 Å². The Morgan fingerprint density at radius 1 is 1.24 bits per heavy atom. The third kappa shape index (κ3) is 4.13. The molecule has 2 aliphatic rings. The van der Waals surface area contributed by atoms with Crippen LogP contribution in [0.15, 0.2) is 46.7 Å². The second-order valence-electron chi connectivity index (χ2n) is 8.75. The number of rotatable bonds is 4. The van der Waals surface area contributed by atoms with Gasteiger partial charge in [0, 0.05) is 36.9 Å². The van der Waals surface area contributed by atoms with Crippen molar-refractivity contribution in [3.63, 3.8) is 0 Å². The number of hydrogen-bond acceptors (Lipinski definition) is 5. The fourth-order valence-corrected chi connectivity index (χ4v) is 4.76. The Balaban J connectivity index is 1.88. The molecule has 172 valence electrons. The molecule has 1 saturated heterocycles. The number of nitrogens with zero attached hydrogens (tertiary/aromatic N) is 4. The number of hydrogen-bond donors (Lipinski definition) is 0. The van der Waals surface area contributed by atoms with Crippen molar-refractivity contribution in [1.82, 2.24) is 14.5 Å². The maximum absolute atomic E-state index is 13.4. The number of benzene rings is 1. The number of carbonyl (C=O) groups excluding carboxylic acids is 2. The zero-order valence-electron chi connectivity index (χ0n) is 19.0. The topological polar surface area (TPSA) is 75.5 Å². The first-order valence-corrected chi connectivity index (χ1v) is 11.4. The van der Waals surface area contributed by atoms with E-state index >= 15 is 0 Å². The molecular formula is C25H27ClN4O3. The number of anilines is 1. The number of halogens is 1. The Morgan fingerprint density at radius 3 is 2.64 bits per heavy atom. The van der Waals surface area contributed by atoms with Gasteiger partial charge in [0.05, 0.1) is 17.1 Å². The molecule has 0 spiro atoms. The summed E-state index contributed by atoms with van der Waals surface area (Å²) in [4.78, 5) is 46.3. The van der Waals surface area contributed by atoms with Crippen molar-refractivity contribution in [2.45, 2.75) is 39.2 Å². The van der Waals surface area contributed by atoms with Gasteiger partial charge in [0.2, 0.25) is 5.91 Å². The van der Waals surface area contributed by atoms with Crippen LogP contribution in [0.3, 0.4) is 0 Å². The Hall–Kier alpha value is -3.19. The lowest BCUT2D eigenvalue weighted by Gasteiger charge is -2.41. The number of fused-ring (bicyclic) bond motifs is 1. The van der Waals surface area contributed by atoms with Crippen molar-refractivity contribution in [3.8, 4) is 5.69 Å².